The number of rotatable bonds is 6. The highest BCUT2D eigenvalue weighted by Crippen LogP contribution is 2.38. The average Bonchev–Trinajstić information content (AvgIpc) is 3.26. The predicted octanol–water partition coefficient (Wildman–Crippen LogP) is 7.19. The summed E-state index contributed by atoms with van der Waals surface area (Å²) in [6.07, 6.45) is -5.91. The highest BCUT2D eigenvalue weighted by atomic mass is 35.5. The molecule has 0 fully saturated rings. The number of nitrogens with one attached hydrogen (secondary N) is 1. The van der Waals surface area contributed by atoms with Gasteiger partial charge in [-0.1, -0.05) is 68.2 Å². The van der Waals surface area contributed by atoms with Crippen molar-refractivity contribution < 1.29 is 22.3 Å². The van der Waals surface area contributed by atoms with Crippen LogP contribution in [0.15, 0.2) is 70.6 Å². The second-order valence-electron chi connectivity index (χ2n) is 9.73. The molecule has 0 radical (unpaired) electrons. The van der Waals surface area contributed by atoms with Crippen LogP contribution in [0, 0.1) is 11.2 Å². The largest absolute Gasteiger partial charge is 0.449 e. The summed E-state index contributed by atoms with van der Waals surface area (Å²) in [5.74, 6) is -0.0137. The number of hydrogen-bond donors (Lipinski definition) is 2. The Morgan fingerprint density at radius 1 is 1.05 bits per heavy atom. The van der Waals surface area contributed by atoms with Gasteiger partial charge in [-0.25, -0.2) is 14.4 Å². The van der Waals surface area contributed by atoms with Crippen molar-refractivity contribution in [2.45, 2.75) is 39.8 Å². The van der Waals surface area contributed by atoms with E-state index in [0.29, 0.717) is 11.6 Å². The number of benzene rings is 3. The van der Waals surface area contributed by atoms with Crippen LogP contribution in [-0.2, 0) is 12.7 Å². The molecule has 1 aliphatic rings. The van der Waals surface area contributed by atoms with Gasteiger partial charge in [0.15, 0.2) is 5.84 Å². The number of amidine groups is 2. The first-order chi connectivity index (χ1) is 18.3. The van der Waals surface area contributed by atoms with Gasteiger partial charge in [0.05, 0.1) is 39.2 Å². The van der Waals surface area contributed by atoms with Crippen molar-refractivity contribution in [2.75, 3.05) is 5.01 Å². The Hall–Kier alpha value is -3.50. The van der Waals surface area contributed by atoms with Gasteiger partial charge in [-0.05, 0) is 36.4 Å². The number of ether oxygens (including phenoxy) is 1. The lowest BCUT2D eigenvalue weighted by Crippen LogP contribution is -2.44. The monoisotopic (exact) mass is 581 g/mol. The van der Waals surface area contributed by atoms with Crippen molar-refractivity contribution in [1.29, 1.82) is 0 Å². The van der Waals surface area contributed by atoms with E-state index in [4.69, 9.17) is 33.7 Å². The van der Waals surface area contributed by atoms with E-state index in [0.717, 1.165) is 12.1 Å². The average molecular weight is 582 g/mol. The third-order valence-electron chi connectivity index (χ3n) is 5.80. The minimum absolute atomic E-state index is 0.0293. The fraction of sp³-hybridized carbons (Fsp3) is 0.259. The molecule has 0 saturated heterocycles. The van der Waals surface area contributed by atoms with E-state index in [1.54, 1.807) is 30.3 Å². The van der Waals surface area contributed by atoms with E-state index in [9.17, 15) is 13.2 Å². The first kappa shape index (κ1) is 28.5. The second-order valence-corrected chi connectivity index (χ2v) is 10.5. The van der Waals surface area contributed by atoms with Gasteiger partial charge in [-0.2, -0.15) is 13.2 Å². The summed E-state index contributed by atoms with van der Waals surface area (Å²) in [7, 11) is 0. The fourth-order valence-corrected chi connectivity index (χ4v) is 4.06. The van der Waals surface area contributed by atoms with E-state index in [1.165, 1.54) is 23.2 Å². The second kappa shape index (κ2) is 10.9. The number of para-hydroxylation sites is 1. The molecule has 3 aromatic rings. The summed E-state index contributed by atoms with van der Waals surface area (Å²) < 4.78 is 62.4. The molecule has 0 saturated carbocycles. The van der Waals surface area contributed by atoms with Crippen molar-refractivity contribution in [3.8, 4) is 5.75 Å². The maximum atomic E-state index is 15.7. The van der Waals surface area contributed by atoms with Gasteiger partial charge in [0.2, 0.25) is 0 Å². The molecule has 12 heteroatoms. The van der Waals surface area contributed by atoms with E-state index in [-0.39, 0.29) is 34.2 Å². The topological polar surface area (TPSA) is 75.2 Å². The van der Waals surface area contributed by atoms with Gasteiger partial charge in [-0.15, -0.1) is 0 Å². The van der Waals surface area contributed by atoms with Crippen molar-refractivity contribution in [1.82, 2.24) is 5.43 Å². The molecule has 39 heavy (non-hydrogen) atoms. The van der Waals surface area contributed by atoms with Crippen LogP contribution in [0.3, 0.4) is 0 Å². The summed E-state index contributed by atoms with van der Waals surface area (Å²) >= 11 is 12.2. The lowest BCUT2D eigenvalue weighted by atomic mass is 9.95. The Bertz CT molecular complexity index is 1420. The SMILES string of the molecule is CC(C)(C)C(N)=NCc1ccc(Cl)c(C2=NC(Oc3ccccc3)N(c3ccc(Cl)c(C(F)(F)F)c3)N2)c1F. The molecule has 0 aromatic heterocycles. The fourth-order valence-electron chi connectivity index (χ4n) is 3.60. The summed E-state index contributed by atoms with van der Waals surface area (Å²) in [5, 5.41) is 0.790. The van der Waals surface area contributed by atoms with Gasteiger partial charge in [0.1, 0.15) is 11.6 Å². The zero-order valence-electron chi connectivity index (χ0n) is 21.2. The first-order valence-corrected chi connectivity index (χ1v) is 12.5. The van der Waals surface area contributed by atoms with E-state index < -0.39 is 34.3 Å². The number of hydrogen-bond acceptors (Lipinski definition) is 5. The maximum absolute atomic E-state index is 15.7. The van der Waals surface area contributed by atoms with Crippen LogP contribution in [0.4, 0.5) is 23.2 Å². The number of anilines is 1. The van der Waals surface area contributed by atoms with Crippen LogP contribution in [-0.4, -0.2) is 18.0 Å². The normalized spacial score (nSPS) is 16.2. The van der Waals surface area contributed by atoms with Crippen molar-refractivity contribution >= 4 is 40.6 Å². The minimum atomic E-state index is -4.70. The summed E-state index contributed by atoms with van der Waals surface area (Å²) in [6.45, 7) is 5.60. The van der Waals surface area contributed by atoms with Crippen molar-refractivity contribution in [2.24, 2.45) is 21.1 Å². The molecule has 0 bridgehead atoms. The summed E-state index contributed by atoms with van der Waals surface area (Å²) in [6, 6.07) is 14.8. The van der Waals surface area contributed by atoms with Crippen molar-refractivity contribution in [3.05, 3.63) is 93.2 Å². The Labute approximate surface area is 233 Å². The van der Waals surface area contributed by atoms with Crippen LogP contribution in [0.25, 0.3) is 0 Å². The molecule has 1 unspecified atom stereocenters. The van der Waals surface area contributed by atoms with Crippen molar-refractivity contribution in [3.63, 3.8) is 0 Å². The molecule has 1 atom stereocenters. The molecule has 206 valence electrons. The van der Waals surface area contributed by atoms with Gasteiger partial charge in [0.25, 0.3) is 6.35 Å². The number of nitrogens with two attached hydrogens (primary N) is 1. The predicted molar refractivity (Wildman–Crippen MR) is 146 cm³/mol. The van der Waals surface area contributed by atoms with Crippen LogP contribution >= 0.6 is 23.2 Å². The van der Waals surface area contributed by atoms with E-state index >= 15 is 4.39 Å². The standard InChI is InChI=1S/C27H25Cl2F4N5O/c1-26(2,3)24(34)35-14-15-9-11-20(29)21(22(15)30)23-36-25(39-17-7-5-4-6-8-17)38(37-23)16-10-12-19(28)18(13-16)27(31,32)33/h4-13,25H,14H2,1-3H3,(H2,34,35)(H,36,37). The molecule has 6 nitrogen and oxygen atoms in total. The lowest BCUT2D eigenvalue weighted by Gasteiger charge is -2.26. The van der Waals surface area contributed by atoms with Gasteiger partial charge < -0.3 is 10.5 Å². The highest BCUT2D eigenvalue weighted by Gasteiger charge is 2.37. The third-order valence-corrected chi connectivity index (χ3v) is 6.45. The molecule has 3 N–H and O–H groups in total. The first-order valence-electron chi connectivity index (χ1n) is 11.8. The number of alkyl halides is 3. The minimum Gasteiger partial charge on any atom is -0.449 e. The summed E-state index contributed by atoms with van der Waals surface area (Å²) in [5.41, 5.74) is 7.57. The zero-order valence-corrected chi connectivity index (χ0v) is 22.7. The highest BCUT2D eigenvalue weighted by molar-refractivity contribution is 6.34. The molecule has 0 spiro atoms. The molecule has 1 heterocycles. The Morgan fingerprint density at radius 2 is 1.72 bits per heavy atom. The Morgan fingerprint density at radius 3 is 2.36 bits per heavy atom. The van der Waals surface area contributed by atoms with Crippen LogP contribution in [0.5, 0.6) is 5.75 Å². The van der Waals surface area contributed by atoms with Crippen LogP contribution < -0.4 is 20.9 Å². The molecule has 3 aromatic carbocycles. The maximum Gasteiger partial charge on any atom is 0.417 e. The Balaban J connectivity index is 1.75. The van der Waals surface area contributed by atoms with E-state index in [2.05, 4.69) is 15.4 Å². The molecule has 4 rings (SSSR count). The molecule has 0 amide bonds. The molecule has 0 aliphatic carbocycles. The van der Waals surface area contributed by atoms with Gasteiger partial charge >= 0.3 is 6.18 Å². The quantitative estimate of drug-likeness (QED) is 0.183. The molecule has 1 aliphatic heterocycles. The van der Waals surface area contributed by atoms with Crippen LogP contribution in [0.2, 0.25) is 10.0 Å². The smallest absolute Gasteiger partial charge is 0.417 e. The number of halogens is 6. The van der Waals surface area contributed by atoms with Gasteiger partial charge in [-0.3, -0.25) is 10.4 Å². The molecular formula is C27H25Cl2F4N5O. The van der Waals surface area contributed by atoms with E-state index in [1.807, 2.05) is 20.8 Å². The summed E-state index contributed by atoms with van der Waals surface area (Å²) in [4.78, 5) is 8.73. The zero-order chi connectivity index (χ0) is 28.5. The van der Waals surface area contributed by atoms with Crippen LogP contribution in [0.1, 0.15) is 37.5 Å². The third kappa shape index (κ3) is 6.39. The number of nitrogens with zero attached hydrogens (tertiary/aromatic N) is 3. The molecular weight excluding hydrogens is 557 g/mol. The number of hydrazine groups is 1. The Kier molecular flexibility index (Phi) is 7.99. The lowest BCUT2D eigenvalue weighted by molar-refractivity contribution is -0.137. The van der Waals surface area contributed by atoms with Gasteiger partial charge in [0, 0.05) is 11.0 Å². The number of aliphatic imine (C=N–C) groups is 2.